The molecule has 2 aliphatic rings. The zero-order chi connectivity index (χ0) is 8.55. The Morgan fingerprint density at radius 3 is 2.75 bits per heavy atom. The lowest BCUT2D eigenvalue weighted by Crippen LogP contribution is -2.46. The Balaban J connectivity index is 2.11. The highest BCUT2D eigenvalue weighted by Gasteiger charge is 2.36. The summed E-state index contributed by atoms with van der Waals surface area (Å²) in [5, 5.41) is 2.40. The third kappa shape index (κ3) is 1.24. The van der Waals surface area contributed by atoms with Gasteiger partial charge in [-0.25, -0.2) is 0 Å². The molecule has 1 heterocycles. The minimum Gasteiger partial charge on any atom is -0.296 e. The average Bonchev–Trinajstić information content (AvgIpc) is 2.04. The maximum Gasteiger partial charge on any atom is 0.229 e. The number of nitrogens with one attached hydrogen (secondary N) is 1. The molecule has 12 heavy (non-hydrogen) atoms. The SMILES string of the molecule is O=C1C[C@H]2CCCC[C@H]2C(=O)N1. The van der Waals surface area contributed by atoms with Crippen molar-refractivity contribution in [1.82, 2.24) is 5.32 Å². The van der Waals surface area contributed by atoms with Gasteiger partial charge in [0.15, 0.2) is 0 Å². The Hall–Kier alpha value is -0.860. The summed E-state index contributed by atoms with van der Waals surface area (Å²) < 4.78 is 0. The predicted molar refractivity (Wildman–Crippen MR) is 43.2 cm³/mol. The molecule has 2 amide bonds. The summed E-state index contributed by atoms with van der Waals surface area (Å²) in [5.74, 6) is 0.371. The molecule has 1 aliphatic heterocycles. The normalized spacial score (nSPS) is 35.7. The van der Waals surface area contributed by atoms with Crippen LogP contribution in [0.2, 0.25) is 0 Å². The fourth-order valence-electron chi connectivity index (χ4n) is 2.32. The number of rotatable bonds is 0. The van der Waals surface area contributed by atoms with Gasteiger partial charge in [-0.1, -0.05) is 12.8 Å². The third-order valence-electron chi connectivity index (χ3n) is 2.96. The smallest absolute Gasteiger partial charge is 0.229 e. The van der Waals surface area contributed by atoms with E-state index in [1.54, 1.807) is 0 Å². The van der Waals surface area contributed by atoms with Crippen molar-refractivity contribution in [2.24, 2.45) is 11.8 Å². The second-order valence-electron chi connectivity index (χ2n) is 3.77. The van der Waals surface area contributed by atoms with Crippen LogP contribution in [-0.4, -0.2) is 11.8 Å². The lowest BCUT2D eigenvalue weighted by atomic mass is 9.75. The number of imide groups is 1. The monoisotopic (exact) mass is 167 g/mol. The highest BCUT2D eigenvalue weighted by Crippen LogP contribution is 2.34. The van der Waals surface area contributed by atoms with Crippen molar-refractivity contribution < 1.29 is 9.59 Å². The lowest BCUT2D eigenvalue weighted by molar-refractivity contribution is -0.140. The van der Waals surface area contributed by atoms with Crippen molar-refractivity contribution >= 4 is 11.8 Å². The fraction of sp³-hybridized carbons (Fsp3) is 0.778. The van der Waals surface area contributed by atoms with E-state index >= 15 is 0 Å². The Kier molecular flexibility index (Phi) is 1.87. The molecule has 2 atom stereocenters. The molecule has 3 nitrogen and oxygen atoms in total. The van der Waals surface area contributed by atoms with Crippen molar-refractivity contribution in [1.29, 1.82) is 0 Å². The van der Waals surface area contributed by atoms with Gasteiger partial charge in [0.2, 0.25) is 11.8 Å². The summed E-state index contributed by atoms with van der Waals surface area (Å²) >= 11 is 0. The number of piperidine rings is 1. The largest absolute Gasteiger partial charge is 0.296 e. The Morgan fingerprint density at radius 2 is 1.92 bits per heavy atom. The van der Waals surface area contributed by atoms with Gasteiger partial charge in [-0.2, -0.15) is 0 Å². The van der Waals surface area contributed by atoms with Gasteiger partial charge in [0.25, 0.3) is 0 Å². The zero-order valence-corrected chi connectivity index (χ0v) is 7.01. The van der Waals surface area contributed by atoms with Crippen molar-refractivity contribution in [3.8, 4) is 0 Å². The fourth-order valence-corrected chi connectivity index (χ4v) is 2.32. The molecule has 1 N–H and O–H groups in total. The van der Waals surface area contributed by atoms with Crippen molar-refractivity contribution in [3.63, 3.8) is 0 Å². The van der Waals surface area contributed by atoms with Crippen molar-refractivity contribution in [2.75, 3.05) is 0 Å². The quantitative estimate of drug-likeness (QED) is 0.543. The molecule has 0 bridgehead atoms. The van der Waals surface area contributed by atoms with Gasteiger partial charge in [-0.05, 0) is 18.8 Å². The van der Waals surface area contributed by atoms with E-state index in [0.717, 1.165) is 19.3 Å². The first-order valence-electron chi connectivity index (χ1n) is 4.61. The van der Waals surface area contributed by atoms with Crippen LogP contribution in [-0.2, 0) is 9.59 Å². The number of carbonyl (C=O) groups is 2. The van der Waals surface area contributed by atoms with E-state index in [1.807, 2.05) is 0 Å². The van der Waals surface area contributed by atoms with Crippen LogP contribution >= 0.6 is 0 Å². The van der Waals surface area contributed by atoms with Crippen molar-refractivity contribution in [2.45, 2.75) is 32.1 Å². The molecule has 1 saturated heterocycles. The lowest BCUT2D eigenvalue weighted by Gasteiger charge is -2.33. The molecule has 0 radical (unpaired) electrons. The van der Waals surface area contributed by atoms with Crippen molar-refractivity contribution in [3.05, 3.63) is 0 Å². The van der Waals surface area contributed by atoms with Gasteiger partial charge in [0.05, 0.1) is 0 Å². The van der Waals surface area contributed by atoms with Crippen LogP contribution in [0.15, 0.2) is 0 Å². The number of fused-ring (bicyclic) bond motifs is 1. The van der Waals surface area contributed by atoms with Gasteiger partial charge in [-0.15, -0.1) is 0 Å². The summed E-state index contributed by atoms with van der Waals surface area (Å²) in [4.78, 5) is 22.3. The van der Waals surface area contributed by atoms with Crippen LogP contribution in [0, 0.1) is 11.8 Å². The van der Waals surface area contributed by atoms with E-state index in [-0.39, 0.29) is 17.7 Å². The van der Waals surface area contributed by atoms with Crippen LogP contribution in [0.25, 0.3) is 0 Å². The second kappa shape index (κ2) is 2.88. The van der Waals surface area contributed by atoms with E-state index < -0.39 is 0 Å². The molecule has 0 aromatic heterocycles. The Morgan fingerprint density at radius 1 is 1.17 bits per heavy atom. The molecule has 0 aromatic rings. The molecule has 3 heteroatoms. The Labute approximate surface area is 71.5 Å². The molecule has 0 unspecified atom stereocenters. The maximum absolute atomic E-state index is 11.3. The number of hydrogen-bond acceptors (Lipinski definition) is 2. The molecular formula is C9H13NO2. The molecule has 66 valence electrons. The summed E-state index contributed by atoms with van der Waals surface area (Å²) in [6.07, 6.45) is 4.93. The van der Waals surface area contributed by atoms with Crippen LogP contribution < -0.4 is 5.32 Å². The van der Waals surface area contributed by atoms with E-state index in [0.29, 0.717) is 12.3 Å². The Bertz CT molecular complexity index is 225. The predicted octanol–water partition coefficient (Wildman–Crippen LogP) is 0.839. The first kappa shape index (κ1) is 7.77. The van der Waals surface area contributed by atoms with E-state index in [9.17, 15) is 9.59 Å². The van der Waals surface area contributed by atoms with Gasteiger partial charge in [-0.3, -0.25) is 14.9 Å². The number of amides is 2. The number of hydrogen-bond donors (Lipinski definition) is 1. The van der Waals surface area contributed by atoms with Gasteiger partial charge in [0, 0.05) is 12.3 Å². The van der Waals surface area contributed by atoms with Crippen LogP contribution in [0.5, 0.6) is 0 Å². The minimum atomic E-state index is -0.0804. The summed E-state index contributed by atoms with van der Waals surface area (Å²) in [5.41, 5.74) is 0. The number of carbonyl (C=O) groups excluding carboxylic acids is 2. The molecule has 1 aliphatic carbocycles. The zero-order valence-electron chi connectivity index (χ0n) is 7.01. The average molecular weight is 167 g/mol. The molecule has 2 rings (SSSR count). The van der Waals surface area contributed by atoms with Crippen LogP contribution in [0.4, 0.5) is 0 Å². The molecule has 2 fully saturated rings. The molecular weight excluding hydrogens is 154 g/mol. The van der Waals surface area contributed by atoms with Gasteiger partial charge < -0.3 is 0 Å². The highest BCUT2D eigenvalue weighted by atomic mass is 16.2. The third-order valence-corrected chi connectivity index (χ3v) is 2.96. The summed E-state index contributed by atoms with van der Waals surface area (Å²) in [6, 6.07) is 0. The van der Waals surface area contributed by atoms with E-state index in [2.05, 4.69) is 5.32 Å². The summed E-state index contributed by atoms with van der Waals surface area (Å²) in [7, 11) is 0. The minimum absolute atomic E-state index is 0.0315. The highest BCUT2D eigenvalue weighted by molar-refractivity contribution is 5.99. The van der Waals surface area contributed by atoms with E-state index in [4.69, 9.17) is 0 Å². The van der Waals surface area contributed by atoms with Gasteiger partial charge in [0.1, 0.15) is 0 Å². The molecule has 1 saturated carbocycles. The summed E-state index contributed by atoms with van der Waals surface area (Å²) in [6.45, 7) is 0. The van der Waals surface area contributed by atoms with Crippen LogP contribution in [0.1, 0.15) is 32.1 Å². The van der Waals surface area contributed by atoms with Crippen LogP contribution in [0.3, 0.4) is 0 Å². The van der Waals surface area contributed by atoms with E-state index in [1.165, 1.54) is 6.42 Å². The standard InChI is InChI=1S/C9H13NO2/c11-8-5-6-3-1-2-4-7(6)9(12)10-8/h6-7H,1-5H2,(H,10,11,12)/t6-,7-/m1/s1. The van der Waals surface area contributed by atoms with Gasteiger partial charge >= 0.3 is 0 Å². The maximum atomic E-state index is 11.3. The molecule has 0 spiro atoms. The first-order valence-corrected chi connectivity index (χ1v) is 4.61. The topological polar surface area (TPSA) is 46.2 Å². The second-order valence-corrected chi connectivity index (χ2v) is 3.77. The molecule has 0 aromatic carbocycles. The first-order chi connectivity index (χ1) is 5.77.